The number of amides is 4. The van der Waals surface area contributed by atoms with Gasteiger partial charge in [0.2, 0.25) is 23.8 Å². The number of primary amides is 4. The second-order valence-corrected chi connectivity index (χ2v) is 26.6. The van der Waals surface area contributed by atoms with E-state index in [0.717, 1.165) is 20.0 Å². The lowest BCUT2D eigenvalue weighted by molar-refractivity contribution is 0.0737. The molecule has 28 nitrogen and oxygen atoms in total. The van der Waals surface area contributed by atoms with E-state index in [4.69, 9.17) is 47.6 Å². The van der Waals surface area contributed by atoms with Gasteiger partial charge in [-0.25, -0.2) is 19.9 Å². The van der Waals surface area contributed by atoms with E-state index in [1.54, 1.807) is 6.92 Å². The molecule has 28 heteroatoms. The van der Waals surface area contributed by atoms with Crippen LogP contribution in [0.15, 0.2) is 24.8 Å². The number of nitrogens with zero attached hydrogens (tertiary/aromatic N) is 8. The van der Waals surface area contributed by atoms with Crippen molar-refractivity contribution < 1.29 is 64.3 Å². The zero-order valence-corrected chi connectivity index (χ0v) is 55.2. The van der Waals surface area contributed by atoms with Gasteiger partial charge in [-0.15, -0.1) is 0 Å². The molecule has 8 rings (SSSR count). The second-order valence-electron chi connectivity index (χ2n) is 26.6. The predicted molar refractivity (Wildman–Crippen MR) is 361 cm³/mol. The van der Waals surface area contributed by atoms with Crippen molar-refractivity contribution in [1.82, 2.24) is 39.9 Å². The monoisotopic (exact) mass is 1300 g/mol. The first-order valence-electron chi connectivity index (χ1n) is 38.8. The van der Waals surface area contributed by atoms with Gasteiger partial charge in [-0.3, -0.25) is 19.2 Å². The summed E-state index contributed by atoms with van der Waals surface area (Å²) in [5, 5.41) is 64.8. The summed E-state index contributed by atoms with van der Waals surface area (Å²) in [7, 11) is 0. The maximum Gasteiger partial charge on any atom is 0.254 e. The van der Waals surface area contributed by atoms with Gasteiger partial charge in [-0.05, 0) is 184 Å². The number of nitrogens with one attached hydrogen (secondary N) is 8. The molecular formula is C64H108N20O8. The Balaban J connectivity index is 0.000000263. The number of hydrogen-bond acceptors (Lipinski definition) is 24. The molecule has 4 aromatic heterocycles. The van der Waals surface area contributed by atoms with Crippen molar-refractivity contribution in [2.75, 3.05) is 42.5 Å². The molecule has 4 fully saturated rings. The van der Waals surface area contributed by atoms with Gasteiger partial charge in [0.1, 0.15) is 23.3 Å². The minimum atomic E-state index is -3.09. The van der Waals surface area contributed by atoms with Gasteiger partial charge in [0.25, 0.3) is 23.6 Å². The van der Waals surface area contributed by atoms with Crippen LogP contribution in [0.4, 0.5) is 47.1 Å². The van der Waals surface area contributed by atoms with Crippen molar-refractivity contribution in [2.45, 2.75) is 258 Å². The number of aromatic nitrogens is 8. The van der Waals surface area contributed by atoms with E-state index in [9.17, 15) is 39.6 Å². The Kier molecular flexibility index (Phi) is 18.2. The minimum absolute atomic E-state index is 0.00705. The molecule has 0 aliphatic heterocycles. The van der Waals surface area contributed by atoms with Crippen molar-refractivity contribution >= 4 is 70.7 Å². The van der Waals surface area contributed by atoms with E-state index >= 15 is 0 Å². The molecule has 4 heterocycles. The van der Waals surface area contributed by atoms with Crippen LogP contribution in [-0.2, 0) is 0 Å². The Bertz CT molecular complexity index is 3980. The summed E-state index contributed by atoms with van der Waals surface area (Å²) in [6.45, 7) is 23.9. The zero-order valence-electron chi connectivity index (χ0n) is 73.2. The van der Waals surface area contributed by atoms with Crippen LogP contribution in [0.2, 0.25) is 0 Å². The first-order valence-corrected chi connectivity index (χ1v) is 29.8. The molecule has 0 aromatic carbocycles. The molecule has 4 aliphatic rings. The lowest BCUT2D eigenvalue weighted by Crippen LogP contribution is -2.36. The third-order valence-electron chi connectivity index (χ3n) is 13.4. The largest absolute Gasteiger partial charge is 0.393 e. The Morgan fingerprint density at radius 3 is 1.13 bits per heavy atom. The van der Waals surface area contributed by atoms with E-state index in [-0.39, 0.29) is 105 Å². The minimum Gasteiger partial charge on any atom is -0.393 e. The summed E-state index contributed by atoms with van der Waals surface area (Å²) in [5.41, 5.74) is 19.9. The van der Waals surface area contributed by atoms with E-state index < -0.39 is 147 Å². The number of aliphatic hydroxyl groups is 4. The summed E-state index contributed by atoms with van der Waals surface area (Å²) in [5.74, 6) is -9.46. The molecule has 12 unspecified atom stereocenters. The first kappa shape index (κ1) is 51.9. The van der Waals surface area contributed by atoms with Crippen LogP contribution in [0.25, 0.3) is 0 Å². The second kappa shape index (κ2) is 32.3. The van der Waals surface area contributed by atoms with E-state index in [1.165, 1.54) is 18.6 Å². The van der Waals surface area contributed by atoms with Crippen molar-refractivity contribution in [3.63, 3.8) is 0 Å². The topological polar surface area (TPSA) is 453 Å². The molecule has 512 valence electrons. The summed E-state index contributed by atoms with van der Waals surface area (Å²) >= 11 is 0. The maximum absolute atomic E-state index is 11.8. The van der Waals surface area contributed by atoms with Gasteiger partial charge in [0.05, 0.1) is 54.8 Å². The summed E-state index contributed by atoms with van der Waals surface area (Å²) < 4.78 is 145. The van der Waals surface area contributed by atoms with E-state index in [0.29, 0.717) is 18.8 Å². The lowest BCUT2D eigenvalue weighted by Gasteiger charge is -2.32. The van der Waals surface area contributed by atoms with Crippen LogP contribution in [0.1, 0.15) is 254 Å². The molecule has 4 amide bonds. The van der Waals surface area contributed by atoms with Crippen LogP contribution < -0.4 is 65.5 Å². The van der Waals surface area contributed by atoms with Crippen molar-refractivity contribution in [2.24, 2.45) is 46.5 Å². The Hall–Kier alpha value is -7.56. The number of hydrogen-bond donors (Lipinski definition) is 16. The summed E-state index contributed by atoms with van der Waals surface area (Å²) in [6.07, 6.45) is -13.6. The molecular weight excluding hydrogens is 1180 g/mol. The molecule has 20 N–H and O–H groups in total. The molecule has 4 aromatic rings. The van der Waals surface area contributed by atoms with E-state index in [2.05, 4.69) is 82.4 Å². The summed E-state index contributed by atoms with van der Waals surface area (Å²) in [6, 6.07) is -5.28. The maximum atomic E-state index is 11.8. The fourth-order valence-corrected chi connectivity index (χ4v) is 8.70. The van der Waals surface area contributed by atoms with Gasteiger partial charge in [-0.2, -0.15) is 19.9 Å². The lowest BCUT2D eigenvalue weighted by atomic mass is 9.85. The molecule has 0 radical (unpaired) electrons. The molecule has 4 aliphatic carbocycles. The van der Waals surface area contributed by atoms with Crippen LogP contribution in [0.5, 0.6) is 0 Å². The zero-order chi connectivity index (χ0) is 85.0. The highest BCUT2D eigenvalue weighted by Gasteiger charge is 2.32. The SMILES string of the molecule is [2H]C1(C)CCC(Nc2nc(NC(C)(C)C)ncc2C(N)=O)CC1([2H])O.[2H]C1(Nc2nc(NC(C)(C)C)ncc2C(N)=O)CC([2H])([2H])C([2H])(C)C([2H])(O)C1.[2H]C1(Nc2nc(NC(C)(C)C)ncc2C(N)=O)CCC(C([2H])([2H])[2H])C([2H])(O)C1.[2H]C1([2H])CC(Nc2nc(NC(C)(C)C)ncc2C(N)=O)C([2H])([2H])C([2H])(O)C1([2H])C. The third kappa shape index (κ3) is 24.8. The molecule has 0 spiro atoms. The molecule has 4 saturated carbocycles. The Morgan fingerprint density at radius 1 is 0.446 bits per heavy atom. The highest BCUT2D eigenvalue weighted by Crippen LogP contribution is 2.32. The van der Waals surface area contributed by atoms with E-state index in [1.807, 2.05) is 83.1 Å². The first-order chi connectivity index (χ1) is 49.1. The quantitative estimate of drug-likeness (QED) is 0.0537. The van der Waals surface area contributed by atoms with Gasteiger partial charge >= 0.3 is 0 Å². The predicted octanol–water partition coefficient (Wildman–Crippen LogP) is 6.99. The number of carbonyl (C=O) groups excluding carboxylic acids is 4. The number of anilines is 8. The molecule has 92 heavy (non-hydrogen) atoms. The molecule has 0 saturated heterocycles. The normalized spacial score (nSPS) is 36.8. The average molecular weight is 1300 g/mol. The fourth-order valence-electron chi connectivity index (χ4n) is 8.70. The Morgan fingerprint density at radius 2 is 0.783 bits per heavy atom. The summed E-state index contributed by atoms with van der Waals surface area (Å²) in [4.78, 5) is 80.0. The van der Waals surface area contributed by atoms with Crippen LogP contribution >= 0.6 is 0 Å². The fraction of sp³-hybridized carbons (Fsp3) is 0.688. The number of carbonyl (C=O) groups is 4. The molecule has 0 bridgehead atoms. The standard InChI is InChI=1S/4C16H27N5O2/c4*1-9-5-6-10(7-12(9)22)19-14-11(13(17)23)8-18-15(20-14)21-16(2,3)4/h4*8-10,12,22H,5-7H2,1-4H3,(H2,17,23)(H2,18,19,20,21)/i5D2,9D,10D,12D;5D2,7D2,9D,12D;1D3,10D,12D;9D,12D. The highest BCUT2D eigenvalue weighted by atomic mass is 16.3. The van der Waals surface area contributed by atoms with Gasteiger partial charge < -0.3 is 85.9 Å². The smallest absolute Gasteiger partial charge is 0.254 e. The number of nitrogens with two attached hydrogens (primary N) is 4. The highest BCUT2D eigenvalue weighted by molar-refractivity contribution is 5.99. The van der Waals surface area contributed by atoms with Crippen LogP contribution in [0.3, 0.4) is 0 Å². The van der Waals surface area contributed by atoms with Gasteiger partial charge in [-0.1, -0.05) is 27.6 Å². The van der Waals surface area contributed by atoms with Crippen molar-refractivity contribution in [1.29, 1.82) is 0 Å². The van der Waals surface area contributed by atoms with Gasteiger partial charge in [0.15, 0.2) is 0 Å². The molecule has 12 atom stereocenters. The Labute approximate surface area is 568 Å². The van der Waals surface area contributed by atoms with Gasteiger partial charge in [0, 0.05) is 87.5 Å². The van der Waals surface area contributed by atoms with Crippen LogP contribution in [0, 0.1) is 23.6 Å². The van der Waals surface area contributed by atoms with Crippen LogP contribution in [-0.4, -0.2) is 155 Å². The average Bonchev–Trinajstić information content (AvgIpc) is 0.712. The number of rotatable bonds is 16. The van der Waals surface area contributed by atoms with Crippen molar-refractivity contribution in [3.8, 4) is 0 Å². The van der Waals surface area contributed by atoms with Crippen molar-refractivity contribution in [3.05, 3.63) is 47.0 Å². The third-order valence-corrected chi connectivity index (χ3v) is 13.4.